The van der Waals surface area contributed by atoms with Crippen LogP contribution in [0.25, 0.3) is 0 Å². The predicted molar refractivity (Wildman–Crippen MR) is 85.5 cm³/mol. The summed E-state index contributed by atoms with van der Waals surface area (Å²) in [5.74, 6) is 0.992. The van der Waals surface area contributed by atoms with Gasteiger partial charge in [0.25, 0.3) is 0 Å². The lowest BCUT2D eigenvalue weighted by Gasteiger charge is -2.34. The molecule has 2 aliphatic heterocycles. The van der Waals surface area contributed by atoms with Crippen LogP contribution in [0.4, 0.5) is 0 Å². The van der Waals surface area contributed by atoms with Crippen LogP contribution in [0, 0.1) is 11.8 Å². The van der Waals surface area contributed by atoms with E-state index in [4.69, 9.17) is 4.74 Å². The normalized spacial score (nSPS) is 30.2. The van der Waals surface area contributed by atoms with Gasteiger partial charge in [0.05, 0.1) is 11.5 Å². The van der Waals surface area contributed by atoms with Gasteiger partial charge in [-0.25, -0.2) is 0 Å². The van der Waals surface area contributed by atoms with Gasteiger partial charge < -0.3 is 14.5 Å². The van der Waals surface area contributed by atoms with E-state index in [0.717, 1.165) is 19.0 Å². The minimum absolute atomic E-state index is 0.0243. The molecule has 0 aromatic carbocycles. The SMILES string of the molecule is CN1CCC(CN(C)CC2C(=O)C(C)(C)OC2(C)C)CC1. The Bertz CT molecular complexity index is 384. The minimum Gasteiger partial charge on any atom is -0.361 e. The summed E-state index contributed by atoms with van der Waals surface area (Å²) in [6.07, 6.45) is 2.54. The largest absolute Gasteiger partial charge is 0.361 e. The molecular weight excluding hydrogens is 264 g/mol. The summed E-state index contributed by atoms with van der Waals surface area (Å²) in [6.45, 7) is 12.2. The zero-order valence-corrected chi connectivity index (χ0v) is 14.6. The predicted octanol–water partition coefficient (Wildman–Crippen LogP) is 2.03. The maximum absolute atomic E-state index is 12.6. The van der Waals surface area contributed by atoms with Crippen molar-refractivity contribution in [3.63, 3.8) is 0 Å². The van der Waals surface area contributed by atoms with Crippen LogP contribution < -0.4 is 0 Å². The van der Waals surface area contributed by atoms with Gasteiger partial charge in [0, 0.05) is 13.1 Å². The number of hydrogen-bond donors (Lipinski definition) is 0. The molecule has 0 aromatic heterocycles. The highest BCUT2D eigenvalue weighted by atomic mass is 16.5. The molecular formula is C17H32N2O2. The number of likely N-dealkylation sites (tertiary alicyclic amines) is 1. The van der Waals surface area contributed by atoms with Crippen molar-refractivity contribution in [1.82, 2.24) is 9.80 Å². The molecule has 0 bridgehead atoms. The lowest BCUT2D eigenvalue weighted by atomic mass is 9.85. The second-order valence-electron chi connectivity index (χ2n) is 8.10. The molecule has 2 rings (SSSR count). The van der Waals surface area contributed by atoms with Crippen molar-refractivity contribution in [1.29, 1.82) is 0 Å². The third-order valence-electron chi connectivity index (χ3n) is 5.17. The van der Waals surface area contributed by atoms with E-state index >= 15 is 0 Å². The third kappa shape index (κ3) is 3.85. The first-order valence-electron chi connectivity index (χ1n) is 8.23. The molecule has 21 heavy (non-hydrogen) atoms. The third-order valence-corrected chi connectivity index (χ3v) is 5.17. The smallest absolute Gasteiger partial charge is 0.171 e. The van der Waals surface area contributed by atoms with Crippen LogP contribution in [0.1, 0.15) is 40.5 Å². The van der Waals surface area contributed by atoms with E-state index in [1.807, 2.05) is 27.7 Å². The van der Waals surface area contributed by atoms with Gasteiger partial charge in [-0.2, -0.15) is 0 Å². The fraction of sp³-hybridized carbons (Fsp3) is 0.941. The van der Waals surface area contributed by atoms with Crippen LogP contribution in [-0.2, 0) is 9.53 Å². The first-order valence-corrected chi connectivity index (χ1v) is 8.23. The molecule has 0 spiro atoms. The standard InChI is InChI=1S/C17H32N2O2/c1-16(2)14(15(20)17(3,4)21-16)12-19(6)11-13-7-9-18(5)10-8-13/h13-14H,7-12H2,1-6H3. The summed E-state index contributed by atoms with van der Waals surface area (Å²) in [5.41, 5.74) is -0.996. The summed E-state index contributed by atoms with van der Waals surface area (Å²) >= 11 is 0. The second kappa shape index (κ2) is 5.98. The van der Waals surface area contributed by atoms with Crippen molar-refractivity contribution in [3.05, 3.63) is 0 Å². The molecule has 0 N–H and O–H groups in total. The summed E-state index contributed by atoms with van der Waals surface area (Å²) in [7, 11) is 4.34. The average molecular weight is 296 g/mol. The van der Waals surface area contributed by atoms with E-state index in [1.54, 1.807) is 0 Å². The molecule has 2 fully saturated rings. The quantitative estimate of drug-likeness (QED) is 0.795. The summed E-state index contributed by atoms with van der Waals surface area (Å²) in [5, 5.41) is 0. The fourth-order valence-electron chi connectivity index (χ4n) is 3.89. The van der Waals surface area contributed by atoms with E-state index in [1.165, 1.54) is 25.9 Å². The molecule has 0 aromatic rings. The maximum atomic E-state index is 12.6. The number of Topliss-reactive ketones (excluding diaryl/α,β-unsaturated/α-hetero) is 1. The summed E-state index contributed by atoms with van der Waals surface area (Å²) in [4.78, 5) is 17.3. The van der Waals surface area contributed by atoms with Gasteiger partial charge in [-0.1, -0.05) is 0 Å². The van der Waals surface area contributed by atoms with Gasteiger partial charge in [-0.05, 0) is 73.6 Å². The minimum atomic E-state index is -0.636. The summed E-state index contributed by atoms with van der Waals surface area (Å²) < 4.78 is 5.98. The van der Waals surface area contributed by atoms with Gasteiger partial charge in [0.2, 0.25) is 0 Å². The van der Waals surface area contributed by atoms with Crippen LogP contribution in [-0.4, -0.2) is 67.1 Å². The molecule has 2 aliphatic rings. The Hall–Kier alpha value is -0.450. The number of carbonyl (C=O) groups is 1. The van der Waals surface area contributed by atoms with Crippen molar-refractivity contribution in [3.8, 4) is 0 Å². The number of piperidine rings is 1. The highest BCUT2D eigenvalue weighted by Crippen LogP contribution is 2.39. The molecule has 1 unspecified atom stereocenters. The monoisotopic (exact) mass is 296 g/mol. The number of rotatable bonds is 4. The van der Waals surface area contributed by atoms with Crippen LogP contribution in [0.2, 0.25) is 0 Å². The van der Waals surface area contributed by atoms with Gasteiger partial charge >= 0.3 is 0 Å². The van der Waals surface area contributed by atoms with Crippen LogP contribution in [0.15, 0.2) is 0 Å². The molecule has 0 saturated carbocycles. The number of ether oxygens (including phenoxy) is 1. The topological polar surface area (TPSA) is 32.8 Å². The Morgan fingerprint density at radius 2 is 1.76 bits per heavy atom. The molecule has 0 aliphatic carbocycles. The van der Waals surface area contributed by atoms with Crippen LogP contribution in [0.5, 0.6) is 0 Å². The highest BCUT2D eigenvalue weighted by Gasteiger charge is 2.53. The molecule has 0 radical (unpaired) electrons. The lowest BCUT2D eigenvalue weighted by Crippen LogP contribution is -2.42. The van der Waals surface area contributed by atoms with Crippen LogP contribution in [0.3, 0.4) is 0 Å². The molecule has 1 atom stereocenters. The molecule has 2 heterocycles. The van der Waals surface area contributed by atoms with E-state index < -0.39 is 5.60 Å². The Labute approximate surface area is 129 Å². The highest BCUT2D eigenvalue weighted by molar-refractivity contribution is 5.91. The Balaban J connectivity index is 1.90. The van der Waals surface area contributed by atoms with E-state index in [0.29, 0.717) is 0 Å². The first kappa shape index (κ1) is 16.9. The summed E-state index contributed by atoms with van der Waals surface area (Å²) in [6, 6.07) is 0. The van der Waals surface area contributed by atoms with Crippen molar-refractivity contribution in [2.45, 2.75) is 51.7 Å². The molecule has 0 amide bonds. The van der Waals surface area contributed by atoms with E-state index in [9.17, 15) is 4.79 Å². The van der Waals surface area contributed by atoms with Crippen LogP contribution >= 0.6 is 0 Å². The van der Waals surface area contributed by atoms with Gasteiger partial charge in [-0.3, -0.25) is 4.79 Å². The maximum Gasteiger partial charge on any atom is 0.171 e. The Morgan fingerprint density at radius 1 is 1.19 bits per heavy atom. The fourth-order valence-corrected chi connectivity index (χ4v) is 3.89. The second-order valence-corrected chi connectivity index (χ2v) is 8.10. The van der Waals surface area contributed by atoms with E-state index in [2.05, 4.69) is 23.9 Å². The number of nitrogens with zero attached hydrogens (tertiary/aromatic N) is 2. The van der Waals surface area contributed by atoms with Crippen molar-refractivity contribution in [2.24, 2.45) is 11.8 Å². The number of carbonyl (C=O) groups excluding carboxylic acids is 1. The first-order chi connectivity index (χ1) is 9.62. The van der Waals surface area contributed by atoms with Crippen molar-refractivity contribution < 1.29 is 9.53 Å². The van der Waals surface area contributed by atoms with Gasteiger partial charge in [0.15, 0.2) is 5.78 Å². The zero-order chi connectivity index (χ0) is 15.8. The van der Waals surface area contributed by atoms with Gasteiger partial charge in [0.1, 0.15) is 5.60 Å². The Kier molecular flexibility index (Phi) is 4.81. The molecule has 4 heteroatoms. The van der Waals surface area contributed by atoms with Crippen molar-refractivity contribution in [2.75, 3.05) is 40.3 Å². The molecule has 122 valence electrons. The molecule has 4 nitrogen and oxygen atoms in total. The number of ketones is 1. The van der Waals surface area contributed by atoms with Crippen molar-refractivity contribution >= 4 is 5.78 Å². The number of hydrogen-bond acceptors (Lipinski definition) is 4. The van der Waals surface area contributed by atoms with Gasteiger partial charge in [-0.15, -0.1) is 0 Å². The average Bonchev–Trinajstić information content (AvgIpc) is 2.50. The molecule has 2 saturated heterocycles. The van der Waals surface area contributed by atoms with E-state index in [-0.39, 0.29) is 17.3 Å². The lowest BCUT2D eigenvalue weighted by molar-refractivity contribution is -0.132. The Morgan fingerprint density at radius 3 is 2.24 bits per heavy atom. The zero-order valence-electron chi connectivity index (χ0n) is 14.6.